The largest absolute Gasteiger partial charge is 0.269 e. The van der Waals surface area contributed by atoms with Gasteiger partial charge in [0.05, 0.1) is 10.6 Å². The topological polar surface area (TPSA) is 64.0 Å². The lowest BCUT2D eigenvalue weighted by molar-refractivity contribution is 0.491. The van der Waals surface area contributed by atoms with Gasteiger partial charge in [-0.25, -0.2) is 13.1 Å². The molecular weight excluding hydrogens is 310 g/mol. The molecule has 0 saturated carbocycles. The molecule has 23 heavy (non-hydrogen) atoms. The summed E-state index contributed by atoms with van der Waals surface area (Å²) in [5.41, 5.74) is 1.79. The molecule has 1 aromatic heterocycles. The van der Waals surface area contributed by atoms with E-state index in [4.69, 9.17) is 0 Å². The number of sulfonamides is 1. The molecule has 1 N–H and O–H groups in total. The number of aromatic nitrogens is 2. The highest BCUT2D eigenvalue weighted by atomic mass is 32.2. The predicted molar refractivity (Wildman–Crippen MR) is 92.9 cm³/mol. The minimum Gasteiger partial charge on any atom is -0.269 e. The summed E-state index contributed by atoms with van der Waals surface area (Å²) in [5, 5.41) is 4.49. The Bertz CT molecular complexity index is 799. The van der Waals surface area contributed by atoms with Gasteiger partial charge >= 0.3 is 0 Å². The maximum absolute atomic E-state index is 12.8. The summed E-state index contributed by atoms with van der Waals surface area (Å²) in [6, 6.07) is 7.26. The molecule has 0 aliphatic rings. The van der Waals surface area contributed by atoms with Crippen molar-refractivity contribution in [1.82, 2.24) is 14.5 Å². The standard InChI is InChI=1S/C17H25N3O2S/c1-12(2)20-11-15(13(3)18-20)14-9-7-8-10-16(14)23(21,22)19-17(4,5)6/h7-12,19H,1-6H3. The highest BCUT2D eigenvalue weighted by Gasteiger charge is 2.25. The zero-order valence-corrected chi connectivity index (χ0v) is 15.4. The van der Waals surface area contributed by atoms with Crippen molar-refractivity contribution in [2.45, 2.75) is 58.0 Å². The van der Waals surface area contributed by atoms with Crippen LogP contribution in [0.5, 0.6) is 0 Å². The molecule has 0 bridgehead atoms. The summed E-state index contributed by atoms with van der Waals surface area (Å²) in [4.78, 5) is 0.279. The summed E-state index contributed by atoms with van der Waals surface area (Å²) in [7, 11) is -3.61. The van der Waals surface area contributed by atoms with Gasteiger partial charge in [-0.05, 0) is 47.6 Å². The number of hydrogen-bond acceptors (Lipinski definition) is 3. The van der Waals surface area contributed by atoms with Crippen LogP contribution in [0.25, 0.3) is 11.1 Å². The van der Waals surface area contributed by atoms with Crippen LogP contribution in [0, 0.1) is 6.92 Å². The third-order valence-electron chi connectivity index (χ3n) is 3.35. The van der Waals surface area contributed by atoms with Gasteiger partial charge in [0, 0.05) is 28.9 Å². The number of rotatable bonds is 4. The zero-order valence-electron chi connectivity index (χ0n) is 14.6. The van der Waals surface area contributed by atoms with E-state index in [-0.39, 0.29) is 10.9 Å². The van der Waals surface area contributed by atoms with Crippen LogP contribution in [0.3, 0.4) is 0 Å². The second-order valence-electron chi connectivity index (χ2n) is 7.05. The molecular formula is C17H25N3O2S. The molecule has 5 nitrogen and oxygen atoms in total. The Morgan fingerprint density at radius 1 is 1.13 bits per heavy atom. The van der Waals surface area contributed by atoms with Crippen LogP contribution in [0.1, 0.15) is 46.4 Å². The van der Waals surface area contributed by atoms with E-state index < -0.39 is 15.6 Å². The number of nitrogens with zero attached hydrogens (tertiary/aromatic N) is 2. The first-order valence-corrected chi connectivity index (χ1v) is 9.19. The van der Waals surface area contributed by atoms with E-state index in [1.807, 2.05) is 64.6 Å². The molecule has 0 fully saturated rings. The van der Waals surface area contributed by atoms with Gasteiger partial charge in [0.2, 0.25) is 10.0 Å². The van der Waals surface area contributed by atoms with Gasteiger partial charge in [0.1, 0.15) is 0 Å². The first-order valence-electron chi connectivity index (χ1n) is 7.70. The average molecular weight is 335 g/mol. The van der Waals surface area contributed by atoms with Gasteiger partial charge in [-0.1, -0.05) is 18.2 Å². The fourth-order valence-electron chi connectivity index (χ4n) is 2.39. The molecule has 0 aliphatic heterocycles. The van der Waals surface area contributed by atoms with Crippen molar-refractivity contribution in [3.8, 4) is 11.1 Å². The predicted octanol–water partition coefficient (Wildman–Crippen LogP) is 3.52. The van der Waals surface area contributed by atoms with Gasteiger partial charge in [-0.3, -0.25) is 4.68 Å². The lowest BCUT2D eigenvalue weighted by Crippen LogP contribution is -2.40. The van der Waals surface area contributed by atoms with Crippen molar-refractivity contribution in [2.24, 2.45) is 0 Å². The van der Waals surface area contributed by atoms with Crippen LogP contribution < -0.4 is 4.72 Å². The Morgan fingerprint density at radius 3 is 2.26 bits per heavy atom. The number of hydrogen-bond donors (Lipinski definition) is 1. The molecule has 6 heteroatoms. The second-order valence-corrected chi connectivity index (χ2v) is 8.70. The summed E-state index contributed by atoms with van der Waals surface area (Å²) in [6.45, 7) is 11.5. The molecule has 0 atom stereocenters. The number of benzene rings is 1. The van der Waals surface area contributed by atoms with Crippen LogP contribution in [0.15, 0.2) is 35.4 Å². The van der Waals surface area contributed by atoms with Gasteiger partial charge < -0.3 is 0 Å². The van der Waals surface area contributed by atoms with E-state index in [0.29, 0.717) is 5.56 Å². The Balaban J connectivity index is 2.59. The van der Waals surface area contributed by atoms with Crippen molar-refractivity contribution in [1.29, 1.82) is 0 Å². The monoisotopic (exact) mass is 335 g/mol. The minimum absolute atomic E-state index is 0.221. The quantitative estimate of drug-likeness (QED) is 0.930. The van der Waals surface area contributed by atoms with E-state index in [0.717, 1.165) is 11.3 Å². The van der Waals surface area contributed by atoms with E-state index in [9.17, 15) is 8.42 Å². The Hall–Kier alpha value is -1.66. The average Bonchev–Trinajstić information content (AvgIpc) is 2.78. The highest BCUT2D eigenvalue weighted by molar-refractivity contribution is 7.89. The number of nitrogens with one attached hydrogen (secondary N) is 1. The van der Waals surface area contributed by atoms with Crippen molar-refractivity contribution >= 4 is 10.0 Å². The molecule has 0 amide bonds. The highest BCUT2D eigenvalue weighted by Crippen LogP contribution is 2.30. The molecule has 0 saturated heterocycles. The molecule has 2 aromatic rings. The first kappa shape index (κ1) is 17.7. The van der Waals surface area contributed by atoms with Crippen LogP contribution in [-0.2, 0) is 10.0 Å². The lowest BCUT2D eigenvalue weighted by Gasteiger charge is -2.21. The number of aryl methyl sites for hydroxylation is 1. The van der Waals surface area contributed by atoms with E-state index >= 15 is 0 Å². The molecule has 0 aliphatic carbocycles. The third-order valence-corrected chi connectivity index (χ3v) is 5.17. The summed E-state index contributed by atoms with van der Waals surface area (Å²) >= 11 is 0. The summed E-state index contributed by atoms with van der Waals surface area (Å²) in [5.74, 6) is 0. The van der Waals surface area contributed by atoms with Crippen LogP contribution in [0.4, 0.5) is 0 Å². The van der Waals surface area contributed by atoms with Gasteiger partial charge in [0.15, 0.2) is 0 Å². The van der Waals surface area contributed by atoms with Gasteiger partial charge in [-0.2, -0.15) is 5.10 Å². The SMILES string of the molecule is Cc1nn(C(C)C)cc1-c1ccccc1S(=O)(=O)NC(C)(C)C. The van der Waals surface area contributed by atoms with Gasteiger partial charge in [0.25, 0.3) is 0 Å². The van der Waals surface area contributed by atoms with Crippen LogP contribution in [-0.4, -0.2) is 23.7 Å². The van der Waals surface area contributed by atoms with Gasteiger partial charge in [-0.15, -0.1) is 0 Å². The summed E-state index contributed by atoms with van der Waals surface area (Å²) < 4.78 is 30.1. The Morgan fingerprint density at radius 2 is 1.74 bits per heavy atom. The van der Waals surface area contributed by atoms with E-state index in [1.54, 1.807) is 12.1 Å². The first-order chi connectivity index (χ1) is 10.5. The molecule has 1 aromatic carbocycles. The molecule has 1 heterocycles. The smallest absolute Gasteiger partial charge is 0.241 e. The molecule has 2 rings (SSSR count). The third kappa shape index (κ3) is 4.00. The fourth-order valence-corrected chi connectivity index (χ4v) is 4.03. The minimum atomic E-state index is -3.61. The molecule has 0 unspecified atom stereocenters. The van der Waals surface area contributed by atoms with Crippen molar-refractivity contribution in [3.63, 3.8) is 0 Å². The van der Waals surface area contributed by atoms with Crippen molar-refractivity contribution in [2.75, 3.05) is 0 Å². The zero-order chi connectivity index (χ0) is 17.4. The Kier molecular flexibility index (Phi) is 4.69. The molecule has 0 spiro atoms. The van der Waals surface area contributed by atoms with Crippen LogP contribution in [0.2, 0.25) is 0 Å². The molecule has 126 valence electrons. The lowest BCUT2D eigenvalue weighted by atomic mass is 10.1. The summed E-state index contributed by atoms with van der Waals surface area (Å²) in [6.07, 6.45) is 1.91. The fraction of sp³-hybridized carbons (Fsp3) is 0.471. The van der Waals surface area contributed by atoms with Crippen molar-refractivity contribution in [3.05, 3.63) is 36.2 Å². The Labute approximate surface area is 138 Å². The van der Waals surface area contributed by atoms with Crippen LogP contribution >= 0.6 is 0 Å². The second kappa shape index (κ2) is 6.09. The maximum atomic E-state index is 12.8. The van der Waals surface area contributed by atoms with E-state index in [2.05, 4.69) is 9.82 Å². The normalized spacial score (nSPS) is 12.8. The molecule has 0 radical (unpaired) electrons. The maximum Gasteiger partial charge on any atom is 0.241 e. The van der Waals surface area contributed by atoms with Crippen molar-refractivity contribution < 1.29 is 8.42 Å². The van der Waals surface area contributed by atoms with E-state index in [1.165, 1.54) is 0 Å².